The molecule has 0 aliphatic heterocycles. The predicted octanol–water partition coefficient (Wildman–Crippen LogP) is 1.48. The summed E-state index contributed by atoms with van der Waals surface area (Å²) in [5, 5.41) is 4.21. The van der Waals surface area contributed by atoms with E-state index in [1.807, 2.05) is 33.9 Å². The van der Waals surface area contributed by atoms with Gasteiger partial charge in [0.15, 0.2) is 0 Å². The molecule has 0 saturated heterocycles. The average molecular weight is 219 g/mol. The van der Waals surface area contributed by atoms with E-state index in [0.29, 0.717) is 12.5 Å². The lowest BCUT2D eigenvalue weighted by molar-refractivity contribution is 0.466. The van der Waals surface area contributed by atoms with Crippen molar-refractivity contribution >= 4 is 0 Å². The van der Waals surface area contributed by atoms with Crippen LogP contribution in [0.4, 0.5) is 0 Å². The molecule has 0 aliphatic carbocycles. The maximum absolute atomic E-state index is 4.24. The van der Waals surface area contributed by atoms with E-state index in [0.717, 1.165) is 12.4 Å². The van der Waals surface area contributed by atoms with E-state index in [2.05, 4.69) is 29.4 Å². The quantitative estimate of drug-likeness (QED) is 0.828. The lowest BCUT2D eigenvalue weighted by Crippen LogP contribution is -2.17. The highest BCUT2D eigenvalue weighted by atomic mass is 15.4. The molecule has 0 radical (unpaired) electrons. The van der Waals surface area contributed by atoms with E-state index in [1.54, 1.807) is 6.33 Å². The normalized spacial score (nSPS) is 10.9. The van der Waals surface area contributed by atoms with Gasteiger partial charge in [0, 0.05) is 18.9 Å². The number of rotatable bonds is 5. The molecule has 2 rings (SSSR count). The standard InChI is InChI=1S/C11H17N5/c1-10(2)8-16-11(12-9-14-16)7-13-15-5-3-4-6-15/h3-6,9-10,13H,7-8H2,1-2H3. The molecule has 2 heterocycles. The first-order chi connectivity index (χ1) is 7.75. The molecule has 0 amide bonds. The second-order valence-electron chi connectivity index (χ2n) is 4.18. The second-order valence-corrected chi connectivity index (χ2v) is 4.18. The lowest BCUT2D eigenvalue weighted by Gasteiger charge is -2.10. The highest BCUT2D eigenvalue weighted by Crippen LogP contribution is 2.01. The first-order valence-electron chi connectivity index (χ1n) is 5.49. The molecule has 0 aliphatic rings. The lowest BCUT2D eigenvalue weighted by atomic mass is 10.2. The summed E-state index contributed by atoms with van der Waals surface area (Å²) in [6, 6.07) is 3.96. The Labute approximate surface area is 95.1 Å². The van der Waals surface area contributed by atoms with Gasteiger partial charge in [0.1, 0.15) is 12.2 Å². The van der Waals surface area contributed by atoms with E-state index < -0.39 is 0 Å². The Bertz CT molecular complexity index is 415. The van der Waals surface area contributed by atoms with Crippen molar-refractivity contribution in [2.75, 3.05) is 5.43 Å². The number of nitrogens with one attached hydrogen (secondary N) is 1. The van der Waals surface area contributed by atoms with E-state index >= 15 is 0 Å². The third-order valence-corrected chi connectivity index (χ3v) is 2.26. The highest BCUT2D eigenvalue weighted by Gasteiger charge is 2.05. The van der Waals surface area contributed by atoms with Crippen LogP contribution >= 0.6 is 0 Å². The SMILES string of the molecule is CC(C)Cn1ncnc1CNn1cccc1. The van der Waals surface area contributed by atoms with Gasteiger partial charge in [-0.2, -0.15) is 5.10 Å². The van der Waals surface area contributed by atoms with E-state index in [1.165, 1.54) is 0 Å². The van der Waals surface area contributed by atoms with Crippen molar-refractivity contribution in [1.82, 2.24) is 19.4 Å². The fraction of sp³-hybridized carbons (Fsp3) is 0.455. The van der Waals surface area contributed by atoms with Crippen LogP contribution in [0.2, 0.25) is 0 Å². The molecular formula is C11H17N5. The van der Waals surface area contributed by atoms with Gasteiger partial charge in [0.25, 0.3) is 0 Å². The molecule has 16 heavy (non-hydrogen) atoms. The molecular weight excluding hydrogens is 202 g/mol. The van der Waals surface area contributed by atoms with Crippen LogP contribution in [0.3, 0.4) is 0 Å². The van der Waals surface area contributed by atoms with Gasteiger partial charge in [0.05, 0.1) is 6.54 Å². The highest BCUT2D eigenvalue weighted by molar-refractivity contribution is 4.96. The first kappa shape index (κ1) is 10.7. The predicted molar refractivity (Wildman–Crippen MR) is 62.4 cm³/mol. The number of hydrogen-bond donors (Lipinski definition) is 1. The summed E-state index contributed by atoms with van der Waals surface area (Å²) in [6.45, 7) is 5.93. The minimum Gasteiger partial charge on any atom is -0.319 e. The number of aromatic nitrogens is 4. The average Bonchev–Trinajstić information content (AvgIpc) is 2.84. The zero-order valence-electron chi connectivity index (χ0n) is 9.67. The monoisotopic (exact) mass is 219 g/mol. The van der Waals surface area contributed by atoms with Crippen molar-refractivity contribution < 1.29 is 0 Å². The molecule has 0 fully saturated rings. The van der Waals surface area contributed by atoms with Crippen LogP contribution in [-0.4, -0.2) is 19.4 Å². The molecule has 2 aromatic rings. The van der Waals surface area contributed by atoms with Crippen LogP contribution in [0.5, 0.6) is 0 Å². The summed E-state index contributed by atoms with van der Waals surface area (Å²) < 4.78 is 3.86. The van der Waals surface area contributed by atoms with Crippen molar-refractivity contribution in [3.63, 3.8) is 0 Å². The zero-order chi connectivity index (χ0) is 11.4. The van der Waals surface area contributed by atoms with Gasteiger partial charge >= 0.3 is 0 Å². The summed E-state index contributed by atoms with van der Waals surface area (Å²) in [4.78, 5) is 4.24. The van der Waals surface area contributed by atoms with Crippen LogP contribution in [0, 0.1) is 5.92 Å². The van der Waals surface area contributed by atoms with Gasteiger partial charge in [-0.3, -0.25) is 4.68 Å². The summed E-state index contributed by atoms with van der Waals surface area (Å²) in [5.41, 5.74) is 3.23. The Kier molecular flexibility index (Phi) is 3.24. The van der Waals surface area contributed by atoms with Gasteiger partial charge < -0.3 is 5.43 Å². The Morgan fingerprint density at radius 1 is 1.31 bits per heavy atom. The first-order valence-corrected chi connectivity index (χ1v) is 5.49. The van der Waals surface area contributed by atoms with Gasteiger partial charge in [0.2, 0.25) is 0 Å². The summed E-state index contributed by atoms with van der Waals surface area (Å²) in [5.74, 6) is 1.54. The van der Waals surface area contributed by atoms with Gasteiger partial charge in [-0.15, -0.1) is 0 Å². The third kappa shape index (κ3) is 2.62. The smallest absolute Gasteiger partial charge is 0.147 e. The van der Waals surface area contributed by atoms with E-state index in [4.69, 9.17) is 0 Å². The van der Waals surface area contributed by atoms with Crippen molar-refractivity contribution in [3.8, 4) is 0 Å². The van der Waals surface area contributed by atoms with Crippen LogP contribution in [0.25, 0.3) is 0 Å². The second kappa shape index (κ2) is 4.83. The van der Waals surface area contributed by atoms with E-state index in [9.17, 15) is 0 Å². The molecule has 5 nitrogen and oxygen atoms in total. The molecule has 5 heteroatoms. The van der Waals surface area contributed by atoms with Crippen LogP contribution in [0.15, 0.2) is 30.9 Å². The van der Waals surface area contributed by atoms with Crippen LogP contribution in [0.1, 0.15) is 19.7 Å². The number of hydrogen-bond acceptors (Lipinski definition) is 3. The Morgan fingerprint density at radius 2 is 2.06 bits per heavy atom. The third-order valence-electron chi connectivity index (χ3n) is 2.26. The largest absolute Gasteiger partial charge is 0.319 e. The Morgan fingerprint density at radius 3 is 2.75 bits per heavy atom. The molecule has 0 spiro atoms. The van der Waals surface area contributed by atoms with Crippen molar-refractivity contribution in [1.29, 1.82) is 0 Å². The van der Waals surface area contributed by atoms with E-state index in [-0.39, 0.29) is 0 Å². The summed E-state index contributed by atoms with van der Waals surface area (Å²) in [7, 11) is 0. The molecule has 0 saturated carbocycles. The molecule has 0 atom stereocenters. The minimum absolute atomic E-state index is 0.576. The molecule has 1 N–H and O–H groups in total. The number of nitrogens with zero attached hydrogens (tertiary/aromatic N) is 4. The summed E-state index contributed by atoms with van der Waals surface area (Å²) in [6.07, 6.45) is 5.53. The van der Waals surface area contributed by atoms with Crippen LogP contribution in [-0.2, 0) is 13.1 Å². The van der Waals surface area contributed by atoms with Gasteiger partial charge in [-0.25, -0.2) is 9.67 Å². The van der Waals surface area contributed by atoms with Crippen molar-refractivity contribution in [2.45, 2.75) is 26.9 Å². The fourth-order valence-electron chi connectivity index (χ4n) is 1.53. The minimum atomic E-state index is 0.576. The Balaban J connectivity index is 1.96. The molecule has 0 unspecified atom stereocenters. The maximum atomic E-state index is 4.24. The Hall–Kier alpha value is -1.78. The fourth-order valence-corrected chi connectivity index (χ4v) is 1.53. The van der Waals surface area contributed by atoms with Crippen molar-refractivity contribution in [2.24, 2.45) is 5.92 Å². The van der Waals surface area contributed by atoms with Crippen molar-refractivity contribution in [3.05, 3.63) is 36.7 Å². The zero-order valence-corrected chi connectivity index (χ0v) is 9.67. The molecule has 0 bridgehead atoms. The van der Waals surface area contributed by atoms with Gasteiger partial charge in [-0.1, -0.05) is 13.8 Å². The topological polar surface area (TPSA) is 47.7 Å². The maximum Gasteiger partial charge on any atom is 0.147 e. The molecule has 0 aromatic carbocycles. The van der Waals surface area contributed by atoms with Crippen LogP contribution < -0.4 is 5.43 Å². The molecule has 86 valence electrons. The molecule has 2 aromatic heterocycles. The van der Waals surface area contributed by atoms with Gasteiger partial charge in [-0.05, 0) is 18.1 Å². The summed E-state index contributed by atoms with van der Waals surface area (Å²) >= 11 is 0.